The van der Waals surface area contributed by atoms with Crippen LogP contribution in [0.4, 0.5) is 0 Å². The average Bonchev–Trinajstić information content (AvgIpc) is 2.99. The Kier molecular flexibility index (Phi) is 2.65. The van der Waals surface area contributed by atoms with Gasteiger partial charge in [-0.15, -0.1) is 0 Å². The maximum atomic E-state index is 10.6. The molecule has 0 fully saturated rings. The zero-order valence-electron chi connectivity index (χ0n) is 12.8. The molecule has 0 aliphatic rings. The molecule has 3 heteroatoms. The number of rotatable bonds is 1. The van der Waals surface area contributed by atoms with Crippen LogP contribution in [0.25, 0.3) is 44.0 Å². The average molecular weight is 310 g/mol. The predicted molar refractivity (Wildman–Crippen MR) is 97.4 cm³/mol. The second-order valence-electron chi connectivity index (χ2n) is 5.93. The van der Waals surface area contributed by atoms with Gasteiger partial charge in [0.2, 0.25) is 0 Å². The third kappa shape index (κ3) is 1.75. The highest BCUT2D eigenvalue weighted by Gasteiger charge is 2.14. The molecule has 5 rings (SSSR count). The number of nitrogens with zero attached hydrogens (tertiary/aromatic N) is 2. The SMILES string of the molecule is On1c(-c2ccccc2)nc2c3ccc4ccccc4c3ccc21. The molecular weight excluding hydrogens is 296 g/mol. The fraction of sp³-hybridized carbons (Fsp3) is 0. The van der Waals surface area contributed by atoms with Crippen LogP contribution >= 0.6 is 0 Å². The van der Waals surface area contributed by atoms with Crippen molar-refractivity contribution in [1.29, 1.82) is 0 Å². The van der Waals surface area contributed by atoms with E-state index in [1.54, 1.807) is 0 Å². The third-order valence-corrected chi connectivity index (χ3v) is 4.55. The van der Waals surface area contributed by atoms with Gasteiger partial charge in [-0.1, -0.05) is 72.8 Å². The largest absolute Gasteiger partial charge is 0.426 e. The summed E-state index contributed by atoms with van der Waals surface area (Å²) in [6.07, 6.45) is 0. The van der Waals surface area contributed by atoms with Crippen LogP contribution in [0.5, 0.6) is 0 Å². The minimum atomic E-state index is 0.561. The molecule has 0 saturated carbocycles. The Balaban J connectivity index is 1.90. The molecule has 0 amide bonds. The van der Waals surface area contributed by atoms with E-state index >= 15 is 0 Å². The van der Waals surface area contributed by atoms with Crippen LogP contribution in [0.2, 0.25) is 0 Å². The van der Waals surface area contributed by atoms with Gasteiger partial charge < -0.3 is 5.21 Å². The van der Waals surface area contributed by atoms with Gasteiger partial charge in [0.25, 0.3) is 0 Å². The number of aromatic nitrogens is 2. The van der Waals surface area contributed by atoms with E-state index in [1.165, 1.54) is 15.5 Å². The highest BCUT2D eigenvalue weighted by Crippen LogP contribution is 2.32. The summed E-state index contributed by atoms with van der Waals surface area (Å²) in [5.41, 5.74) is 2.43. The van der Waals surface area contributed by atoms with Gasteiger partial charge >= 0.3 is 0 Å². The van der Waals surface area contributed by atoms with Crippen LogP contribution < -0.4 is 0 Å². The molecule has 1 N–H and O–H groups in total. The first-order valence-corrected chi connectivity index (χ1v) is 7.90. The molecule has 0 unspecified atom stereocenters. The molecule has 0 aliphatic carbocycles. The minimum absolute atomic E-state index is 0.561. The maximum absolute atomic E-state index is 10.6. The highest BCUT2D eigenvalue weighted by atomic mass is 16.5. The molecule has 0 spiro atoms. The fourth-order valence-corrected chi connectivity index (χ4v) is 3.39. The Hall–Kier alpha value is -3.33. The first-order chi connectivity index (χ1) is 11.8. The van der Waals surface area contributed by atoms with Gasteiger partial charge in [-0.2, -0.15) is 4.73 Å². The van der Waals surface area contributed by atoms with Gasteiger partial charge in [0, 0.05) is 10.9 Å². The normalized spacial score (nSPS) is 11.5. The minimum Gasteiger partial charge on any atom is -0.426 e. The topological polar surface area (TPSA) is 38.0 Å². The summed E-state index contributed by atoms with van der Waals surface area (Å²) in [5.74, 6) is 0.561. The van der Waals surface area contributed by atoms with Gasteiger partial charge in [-0.05, 0) is 22.2 Å². The monoisotopic (exact) mass is 310 g/mol. The van der Waals surface area contributed by atoms with E-state index in [1.807, 2.05) is 48.5 Å². The van der Waals surface area contributed by atoms with Gasteiger partial charge in [0.15, 0.2) is 5.82 Å². The number of fused-ring (bicyclic) bond motifs is 5. The maximum Gasteiger partial charge on any atom is 0.176 e. The van der Waals surface area contributed by atoms with Crippen molar-refractivity contribution >= 4 is 32.6 Å². The first-order valence-electron chi connectivity index (χ1n) is 7.90. The van der Waals surface area contributed by atoms with Gasteiger partial charge in [-0.25, -0.2) is 4.98 Å². The quantitative estimate of drug-likeness (QED) is 0.339. The summed E-state index contributed by atoms with van der Waals surface area (Å²) in [6, 6.07) is 26.3. The van der Waals surface area contributed by atoms with Crippen molar-refractivity contribution in [2.24, 2.45) is 0 Å². The molecule has 114 valence electrons. The van der Waals surface area contributed by atoms with Gasteiger partial charge in [0.1, 0.15) is 11.0 Å². The molecular formula is C21H14N2O. The second kappa shape index (κ2) is 4.83. The Bertz CT molecular complexity index is 1210. The van der Waals surface area contributed by atoms with Crippen molar-refractivity contribution in [3.8, 4) is 11.4 Å². The Labute approximate surface area is 138 Å². The zero-order valence-corrected chi connectivity index (χ0v) is 12.8. The third-order valence-electron chi connectivity index (χ3n) is 4.55. The van der Waals surface area contributed by atoms with Crippen molar-refractivity contribution in [1.82, 2.24) is 9.71 Å². The van der Waals surface area contributed by atoms with E-state index in [4.69, 9.17) is 4.98 Å². The molecule has 5 aromatic rings. The Morgan fingerprint density at radius 3 is 2.29 bits per heavy atom. The number of hydrogen-bond acceptors (Lipinski definition) is 2. The van der Waals surface area contributed by atoms with E-state index in [-0.39, 0.29) is 0 Å². The number of hydrogen-bond donors (Lipinski definition) is 1. The Morgan fingerprint density at radius 1 is 0.667 bits per heavy atom. The van der Waals surface area contributed by atoms with Crippen molar-refractivity contribution in [2.45, 2.75) is 0 Å². The summed E-state index contributed by atoms with van der Waals surface area (Å²) >= 11 is 0. The van der Waals surface area contributed by atoms with Crippen LogP contribution in [-0.2, 0) is 0 Å². The second-order valence-corrected chi connectivity index (χ2v) is 5.93. The molecule has 0 radical (unpaired) electrons. The summed E-state index contributed by atoms with van der Waals surface area (Å²) < 4.78 is 1.18. The van der Waals surface area contributed by atoms with Crippen molar-refractivity contribution in [3.63, 3.8) is 0 Å². The Morgan fingerprint density at radius 2 is 1.42 bits per heavy atom. The molecule has 1 aromatic heterocycles. The van der Waals surface area contributed by atoms with E-state index in [9.17, 15) is 5.21 Å². The van der Waals surface area contributed by atoms with E-state index < -0.39 is 0 Å². The number of imidazole rings is 1. The summed E-state index contributed by atoms with van der Waals surface area (Å²) in [6.45, 7) is 0. The lowest BCUT2D eigenvalue weighted by Crippen LogP contribution is -1.93. The van der Waals surface area contributed by atoms with Crippen molar-refractivity contribution in [2.75, 3.05) is 0 Å². The lowest BCUT2D eigenvalue weighted by molar-refractivity contribution is 0.203. The summed E-state index contributed by atoms with van der Waals surface area (Å²) in [5, 5.41) is 15.2. The van der Waals surface area contributed by atoms with Crippen molar-refractivity contribution in [3.05, 3.63) is 78.9 Å². The molecule has 0 saturated heterocycles. The molecule has 24 heavy (non-hydrogen) atoms. The fourth-order valence-electron chi connectivity index (χ4n) is 3.39. The van der Waals surface area contributed by atoms with Crippen LogP contribution in [0.3, 0.4) is 0 Å². The predicted octanol–water partition coefficient (Wildman–Crippen LogP) is 5.25. The van der Waals surface area contributed by atoms with Gasteiger partial charge in [0.05, 0.1) is 0 Å². The van der Waals surface area contributed by atoms with Crippen LogP contribution in [-0.4, -0.2) is 14.9 Å². The lowest BCUT2D eigenvalue weighted by Gasteiger charge is -2.04. The molecule has 4 aromatic carbocycles. The van der Waals surface area contributed by atoms with Gasteiger partial charge in [-0.3, -0.25) is 0 Å². The van der Waals surface area contributed by atoms with Crippen LogP contribution in [0.15, 0.2) is 78.9 Å². The van der Waals surface area contributed by atoms with E-state index in [0.29, 0.717) is 5.82 Å². The smallest absolute Gasteiger partial charge is 0.176 e. The molecule has 0 atom stereocenters. The zero-order chi connectivity index (χ0) is 16.1. The summed E-state index contributed by atoms with van der Waals surface area (Å²) in [4.78, 5) is 4.73. The van der Waals surface area contributed by atoms with Crippen LogP contribution in [0.1, 0.15) is 0 Å². The highest BCUT2D eigenvalue weighted by molar-refractivity contribution is 6.15. The standard InChI is InChI=1S/C21H14N2O/c24-23-19-13-12-17-16-9-5-4-6-14(16)10-11-18(17)20(19)22-21(23)15-7-2-1-3-8-15/h1-13,24H. The molecule has 1 heterocycles. The van der Waals surface area contributed by atoms with E-state index in [0.717, 1.165) is 27.4 Å². The molecule has 3 nitrogen and oxygen atoms in total. The summed E-state index contributed by atoms with van der Waals surface area (Å²) in [7, 11) is 0. The first kappa shape index (κ1) is 13.1. The molecule has 0 bridgehead atoms. The van der Waals surface area contributed by atoms with E-state index in [2.05, 4.69) is 30.3 Å². The van der Waals surface area contributed by atoms with Crippen LogP contribution in [0, 0.1) is 0 Å². The van der Waals surface area contributed by atoms with Crippen molar-refractivity contribution < 1.29 is 5.21 Å². The lowest BCUT2D eigenvalue weighted by atomic mass is 10.0. The number of benzene rings is 4. The molecule has 0 aliphatic heterocycles.